The normalized spacial score (nSPS) is 32.4. The molecule has 2 nitrogen and oxygen atoms in total. The topological polar surface area (TPSA) is 29.3 Å². The van der Waals surface area contributed by atoms with Gasteiger partial charge in [0, 0.05) is 18.6 Å². The van der Waals surface area contributed by atoms with Gasteiger partial charge in [-0.25, -0.2) is 0 Å². The highest BCUT2D eigenvalue weighted by Crippen LogP contribution is 2.41. The minimum Gasteiger partial charge on any atom is -0.326 e. The number of nitrogens with zero attached hydrogens (tertiary/aromatic N) is 1. The van der Waals surface area contributed by atoms with Gasteiger partial charge in [-0.3, -0.25) is 4.90 Å². The maximum atomic E-state index is 6.50. The maximum Gasteiger partial charge on any atom is 0.0250 e. The summed E-state index contributed by atoms with van der Waals surface area (Å²) in [7, 11) is 0. The molecule has 0 heterocycles. The molecule has 0 aliphatic heterocycles. The fourth-order valence-corrected chi connectivity index (χ4v) is 4.09. The Labute approximate surface area is 126 Å². The molecule has 0 amide bonds. The number of hydrogen-bond acceptors (Lipinski definition) is 2. The molecule has 20 heavy (non-hydrogen) atoms. The number of nitrogens with two attached hydrogens (primary N) is 1. The molecule has 0 aromatic rings. The van der Waals surface area contributed by atoms with E-state index in [9.17, 15) is 0 Å². The zero-order chi connectivity index (χ0) is 14.8. The lowest BCUT2D eigenvalue weighted by Crippen LogP contribution is -2.54. The van der Waals surface area contributed by atoms with Crippen LogP contribution >= 0.6 is 0 Å². The Bertz CT molecular complexity index is 296. The first kappa shape index (κ1) is 16.3. The van der Waals surface area contributed by atoms with E-state index >= 15 is 0 Å². The molecule has 2 N–H and O–H groups in total. The molecular formula is C18H36N2. The van der Waals surface area contributed by atoms with E-state index in [1.165, 1.54) is 58.0 Å². The monoisotopic (exact) mass is 280 g/mol. The molecule has 0 aromatic heterocycles. The predicted molar refractivity (Wildman–Crippen MR) is 87.8 cm³/mol. The van der Waals surface area contributed by atoms with E-state index in [2.05, 4.69) is 32.6 Å². The molecule has 0 bridgehead atoms. The molecule has 2 heteroatoms. The van der Waals surface area contributed by atoms with E-state index < -0.39 is 0 Å². The lowest BCUT2D eigenvalue weighted by Gasteiger charge is -2.47. The van der Waals surface area contributed by atoms with E-state index in [-0.39, 0.29) is 0 Å². The van der Waals surface area contributed by atoms with Crippen molar-refractivity contribution in [3.05, 3.63) is 0 Å². The van der Waals surface area contributed by atoms with Crippen LogP contribution in [0.5, 0.6) is 0 Å². The minimum absolute atomic E-state index is 0.402. The standard InChI is InChI=1S/C18H36N2/c1-5-18(3,4)15-10-11-16(19)17(12-15)20(6-2)13-14-8-7-9-14/h14-17H,5-13,19H2,1-4H3. The van der Waals surface area contributed by atoms with Gasteiger partial charge in [-0.05, 0) is 55.9 Å². The molecule has 118 valence electrons. The molecule has 0 spiro atoms. The highest BCUT2D eigenvalue weighted by Gasteiger charge is 2.38. The van der Waals surface area contributed by atoms with Crippen LogP contribution in [0.2, 0.25) is 0 Å². The summed E-state index contributed by atoms with van der Waals surface area (Å²) in [4.78, 5) is 2.71. The van der Waals surface area contributed by atoms with Crippen molar-refractivity contribution in [1.29, 1.82) is 0 Å². The van der Waals surface area contributed by atoms with Crippen molar-refractivity contribution in [1.82, 2.24) is 4.90 Å². The van der Waals surface area contributed by atoms with E-state index in [4.69, 9.17) is 5.73 Å². The molecule has 0 saturated heterocycles. The van der Waals surface area contributed by atoms with Crippen molar-refractivity contribution in [2.45, 2.75) is 84.7 Å². The van der Waals surface area contributed by atoms with Crippen molar-refractivity contribution >= 4 is 0 Å². The lowest BCUT2D eigenvalue weighted by molar-refractivity contribution is 0.0459. The van der Waals surface area contributed by atoms with E-state index in [0.717, 1.165) is 11.8 Å². The second-order valence-corrected chi connectivity index (χ2v) is 7.97. The molecule has 2 saturated carbocycles. The average Bonchev–Trinajstić information content (AvgIpc) is 2.39. The first-order valence-corrected chi connectivity index (χ1v) is 8.97. The summed E-state index contributed by atoms with van der Waals surface area (Å²) < 4.78 is 0. The smallest absolute Gasteiger partial charge is 0.0250 e. The summed E-state index contributed by atoms with van der Waals surface area (Å²) in [6.45, 7) is 12.0. The first-order valence-electron chi connectivity index (χ1n) is 8.97. The Morgan fingerprint density at radius 2 is 1.80 bits per heavy atom. The Balaban J connectivity index is 1.99. The summed E-state index contributed by atoms with van der Waals surface area (Å²) in [5.74, 6) is 1.81. The summed E-state index contributed by atoms with van der Waals surface area (Å²) in [5, 5.41) is 0. The average molecular weight is 280 g/mol. The summed E-state index contributed by atoms with van der Waals surface area (Å²) >= 11 is 0. The summed E-state index contributed by atoms with van der Waals surface area (Å²) in [6, 6.07) is 1.03. The second kappa shape index (κ2) is 6.79. The highest BCUT2D eigenvalue weighted by atomic mass is 15.2. The molecule has 3 unspecified atom stereocenters. The molecule has 2 rings (SSSR count). The number of hydrogen-bond donors (Lipinski definition) is 1. The van der Waals surface area contributed by atoms with Gasteiger partial charge < -0.3 is 5.73 Å². The van der Waals surface area contributed by atoms with Gasteiger partial charge in [0.05, 0.1) is 0 Å². The third kappa shape index (κ3) is 3.57. The largest absolute Gasteiger partial charge is 0.326 e. The second-order valence-electron chi connectivity index (χ2n) is 7.97. The van der Waals surface area contributed by atoms with Crippen LogP contribution in [0.25, 0.3) is 0 Å². The fraction of sp³-hybridized carbons (Fsp3) is 1.00. The zero-order valence-electron chi connectivity index (χ0n) is 14.2. The van der Waals surface area contributed by atoms with E-state index in [0.29, 0.717) is 17.5 Å². The van der Waals surface area contributed by atoms with Crippen molar-refractivity contribution in [2.75, 3.05) is 13.1 Å². The van der Waals surface area contributed by atoms with Crippen LogP contribution in [0.4, 0.5) is 0 Å². The highest BCUT2D eigenvalue weighted by molar-refractivity contribution is 4.94. The van der Waals surface area contributed by atoms with Crippen molar-refractivity contribution < 1.29 is 0 Å². The van der Waals surface area contributed by atoms with Crippen LogP contribution in [-0.2, 0) is 0 Å². The number of rotatable bonds is 6. The molecule has 0 radical (unpaired) electrons. The van der Waals surface area contributed by atoms with Crippen LogP contribution in [0.1, 0.15) is 72.6 Å². The Kier molecular flexibility index (Phi) is 5.53. The molecule has 2 fully saturated rings. The summed E-state index contributed by atoms with van der Waals surface area (Å²) in [5.41, 5.74) is 6.98. The SMILES string of the molecule is CCN(CC1CCC1)C1CC(C(C)(C)CC)CCC1N. The van der Waals surface area contributed by atoms with E-state index in [1.54, 1.807) is 0 Å². The number of likely N-dealkylation sites (N-methyl/N-ethyl adjacent to an activating group) is 1. The van der Waals surface area contributed by atoms with Crippen molar-refractivity contribution in [3.8, 4) is 0 Å². The van der Waals surface area contributed by atoms with Gasteiger partial charge in [0.1, 0.15) is 0 Å². The Hall–Kier alpha value is -0.0800. The molecule has 2 aliphatic carbocycles. The molecule has 3 atom stereocenters. The third-order valence-electron chi connectivity index (χ3n) is 6.48. The molecule has 0 aromatic carbocycles. The van der Waals surface area contributed by atoms with Gasteiger partial charge in [0.15, 0.2) is 0 Å². The third-order valence-corrected chi connectivity index (χ3v) is 6.48. The Morgan fingerprint density at radius 1 is 1.10 bits per heavy atom. The maximum absolute atomic E-state index is 6.50. The van der Waals surface area contributed by atoms with Crippen LogP contribution in [0.3, 0.4) is 0 Å². The molecular weight excluding hydrogens is 244 g/mol. The van der Waals surface area contributed by atoms with Crippen LogP contribution < -0.4 is 5.73 Å². The van der Waals surface area contributed by atoms with Crippen molar-refractivity contribution in [3.63, 3.8) is 0 Å². The van der Waals surface area contributed by atoms with Gasteiger partial charge in [0.25, 0.3) is 0 Å². The van der Waals surface area contributed by atoms with Gasteiger partial charge in [0.2, 0.25) is 0 Å². The quantitative estimate of drug-likeness (QED) is 0.795. The van der Waals surface area contributed by atoms with Gasteiger partial charge in [-0.15, -0.1) is 0 Å². The van der Waals surface area contributed by atoms with Gasteiger partial charge >= 0.3 is 0 Å². The predicted octanol–water partition coefficient (Wildman–Crippen LogP) is 4.04. The van der Waals surface area contributed by atoms with Crippen molar-refractivity contribution in [2.24, 2.45) is 23.0 Å². The minimum atomic E-state index is 0.402. The zero-order valence-corrected chi connectivity index (χ0v) is 14.2. The van der Waals surface area contributed by atoms with Gasteiger partial charge in [-0.1, -0.05) is 40.5 Å². The summed E-state index contributed by atoms with van der Waals surface area (Å²) in [6.07, 6.45) is 9.51. The lowest BCUT2D eigenvalue weighted by atomic mass is 9.67. The van der Waals surface area contributed by atoms with Crippen LogP contribution in [-0.4, -0.2) is 30.1 Å². The van der Waals surface area contributed by atoms with Crippen LogP contribution in [0, 0.1) is 17.3 Å². The molecule has 2 aliphatic rings. The Morgan fingerprint density at radius 3 is 2.30 bits per heavy atom. The van der Waals surface area contributed by atoms with Gasteiger partial charge in [-0.2, -0.15) is 0 Å². The fourth-order valence-electron chi connectivity index (χ4n) is 4.09. The van der Waals surface area contributed by atoms with Crippen LogP contribution in [0.15, 0.2) is 0 Å². The van der Waals surface area contributed by atoms with E-state index in [1.807, 2.05) is 0 Å². The first-order chi connectivity index (χ1) is 9.47.